The van der Waals surface area contributed by atoms with Gasteiger partial charge in [-0.2, -0.15) is 0 Å². The molecule has 0 amide bonds. The van der Waals surface area contributed by atoms with Gasteiger partial charge >= 0.3 is 5.97 Å². The molecule has 0 unspecified atom stereocenters. The SMILES string of the molecule is CC(=O)Oc1c(OCc2ccccc2)ccc([N+](=O)[O-])c1C=O.COC(OC)c1c([N+](=O)[O-])ccc(OCc2ccccc2)c1O.O=Cc1c([N+](=O)[O-])ccc(OCc2ccccc2)c1O. The lowest BCUT2D eigenvalue weighted by molar-refractivity contribution is -0.387. The van der Waals surface area contributed by atoms with Crippen LogP contribution in [-0.2, 0) is 34.1 Å². The van der Waals surface area contributed by atoms with Crippen molar-refractivity contribution >= 4 is 35.6 Å². The number of carbonyl (C=O) groups excluding carboxylic acids is 3. The first kappa shape index (κ1) is 49.9. The van der Waals surface area contributed by atoms with Gasteiger partial charge in [0.05, 0.1) is 14.8 Å². The zero-order chi connectivity index (χ0) is 48.2. The molecule has 0 spiro atoms. The summed E-state index contributed by atoms with van der Waals surface area (Å²) in [7, 11) is 2.66. The lowest BCUT2D eigenvalue weighted by atomic mass is 10.1. The van der Waals surface area contributed by atoms with Gasteiger partial charge in [-0.05, 0) is 34.9 Å². The quantitative estimate of drug-likeness (QED) is 0.0203. The minimum atomic E-state index is -1.07. The molecule has 20 nitrogen and oxygen atoms in total. The molecular weight excluding hydrogens is 867 g/mol. The molecular formula is C46H41N3O17. The number of nitrogens with zero attached hydrogens (tertiary/aromatic N) is 3. The van der Waals surface area contributed by atoms with Crippen molar-refractivity contribution < 1.29 is 67.8 Å². The minimum absolute atomic E-state index is 0.0292. The van der Waals surface area contributed by atoms with Crippen LogP contribution in [-0.4, -0.2) is 57.7 Å². The molecule has 6 aromatic rings. The molecule has 20 heteroatoms. The highest BCUT2D eigenvalue weighted by Gasteiger charge is 2.29. The third kappa shape index (κ3) is 13.6. The average Bonchev–Trinajstić information content (AvgIpc) is 3.32. The Kier molecular flexibility index (Phi) is 18.7. The standard InChI is InChI=1S/C16H17NO6.C16H13NO6.C14H11NO5/c1-21-16(22-2)14-12(17(19)20)8-9-13(15(14)18)23-10-11-6-4-3-5-7-11;1-11(19)23-16-13(9-18)14(17(20)21)7-8-15(16)22-10-12-5-3-2-4-6-12;16-8-11-12(15(18)19)6-7-13(14(11)17)20-9-10-4-2-1-3-5-10/h3-9,16,18H,10H2,1-2H3;2-9H,10H2,1H3;1-8,17H,9H2. The molecule has 0 aliphatic carbocycles. The van der Waals surface area contributed by atoms with E-state index < -0.39 is 44.2 Å². The van der Waals surface area contributed by atoms with Gasteiger partial charge in [0.25, 0.3) is 17.1 Å². The van der Waals surface area contributed by atoms with Crippen LogP contribution in [0.4, 0.5) is 17.1 Å². The Labute approximate surface area is 375 Å². The van der Waals surface area contributed by atoms with Gasteiger partial charge in [0, 0.05) is 39.3 Å². The monoisotopic (exact) mass is 907 g/mol. The van der Waals surface area contributed by atoms with Gasteiger partial charge in [-0.3, -0.25) is 44.7 Å². The molecule has 6 rings (SSSR count). The summed E-state index contributed by atoms with van der Waals surface area (Å²) in [4.78, 5) is 64.1. The molecule has 2 N–H and O–H groups in total. The van der Waals surface area contributed by atoms with Crippen LogP contribution in [0.15, 0.2) is 127 Å². The predicted molar refractivity (Wildman–Crippen MR) is 234 cm³/mol. The van der Waals surface area contributed by atoms with E-state index in [9.17, 15) is 54.9 Å². The summed E-state index contributed by atoms with van der Waals surface area (Å²) in [6.07, 6.45) is -0.565. The second-order valence-corrected chi connectivity index (χ2v) is 13.2. The van der Waals surface area contributed by atoms with Crippen LogP contribution in [0.5, 0.6) is 34.5 Å². The van der Waals surface area contributed by atoms with Gasteiger partial charge in [-0.25, -0.2) is 0 Å². The molecule has 0 saturated heterocycles. The molecule has 6 aromatic carbocycles. The van der Waals surface area contributed by atoms with Crippen molar-refractivity contribution in [3.63, 3.8) is 0 Å². The summed E-state index contributed by atoms with van der Waals surface area (Å²) in [5.74, 6) is -1.63. The lowest BCUT2D eigenvalue weighted by Gasteiger charge is -2.17. The van der Waals surface area contributed by atoms with Crippen LogP contribution in [0.25, 0.3) is 0 Å². The van der Waals surface area contributed by atoms with E-state index >= 15 is 0 Å². The maximum absolute atomic E-state index is 11.2. The Hall–Kier alpha value is -8.75. The highest BCUT2D eigenvalue weighted by atomic mass is 16.7. The summed E-state index contributed by atoms with van der Waals surface area (Å²) in [5.41, 5.74) is 0.616. The molecule has 342 valence electrons. The van der Waals surface area contributed by atoms with Gasteiger partial charge in [-0.1, -0.05) is 91.0 Å². The van der Waals surface area contributed by atoms with E-state index in [1.165, 1.54) is 38.5 Å². The number of hydrogen-bond donors (Lipinski definition) is 2. The van der Waals surface area contributed by atoms with Crippen molar-refractivity contribution in [1.29, 1.82) is 0 Å². The number of rotatable bonds is 18. The largest absolute Gasteiger partial charge is 0.504 e. The number of phenolic OH excluding ortho intramolecular Hbond substituents is 2. The second kappa shape index (κ2) is 24.8. The maximum Gasteiger partial charge on any atom is 0.308 e. The van der Waals surface area contributed by atoms with Crippen LogP contribution in [0.1, 0.15) is 56.2 Å². The second-order valence-electron chi connectivity index (χ2n) is 13.2. The fraction of sp³-hybridized carbons (Fsp3) is 0.152. The molecule has 66 heavy (non-hydrogen) atoms. The molecule has 0 aromatic heterocycles. The summed E-state index contributed by atoms with van der Waals surface area (Å²) in [5, 5.41) is 53.0. The van der Waals surface area contributed by atoms with E-state index in [1.54, 1.807) is 0 Å². The van der Waals surface area contributed by atoms with Gasteiger partial charge in [0.2, 0.25) is 0 Å². The first-order valence-electron chi connectivity index (χ1n) is 19.2. The predicted octanol–water partition coefficient (Wildman–Crippen LogP) is 8.77. The number of esters is 1. The molecule has 0 saturated carbocycles. The molecule has 0 bridgehead atoms. The van der Waals surface area contributed by atoms with E-state index in [0.29, 0.717) is 0 Å². The molecule has 0 atom stereocenters. The fourth-order valence-corrected chi connectivity index (χ4v) is 5.80. The summed E-state index contributed by atoms with van der Waals surface area (Å²) < 4.78 is 31.5. The number of carbonyl (C=O) groups is 3. The van der Waals surface area contributed by atoms with Gasteiger partial charge in [0.1, 0.15) is 36.5 Å². The van der Waals surface area contributed by atoms with Crippen LogP contribution in [0.2, 0.25) is 0 Å². The maximum atomic E-state index is 11.2. The van der Waals surface area contributed by atoms with Crippen LogP contribution < -0.4 is 18.9 Å². The van der Waals surface area contributed by atoms with E-state index in [2.05, 4.69) is 0 Å². The van der Waals surface area contributed by atoms with Crippen LogP contribution >= 0.6 is 0 Å². The zero-order valence-corrected chi connectivity index (χ0v) is 35.3. The third-order valence-corrected chi connectivity index (χ3v) is 8.90. The highest BCUT2D eigenvalue weighted by Crippen LogP contribution is 2.42. The Balaban J connectivity index is 0.000000217. The number of ether oxygens (including phenoxy) is 6. The number of nitro benzene ring substituents is 3. The number of phenols is 2. The average molecular weight is 908 g/mol. The van der Waals surface area contributed by atoms with Crippen molar-refractivity contribution in [2.75, 3.05) is 14.2 Å². The number of benzene rings is 6. The number of methoxy groups -OCH3 is 2. The summed E-state index contributed by atoms with van der Waals surface area (Å²) in [6.45, 7) is 1.69. The first-order valence-corrected chi connectivity index (χ1v) is 19.2. The Bertz CT molecular complexity index is 2630. The Morgan fingerprint density at radius 1 is 0.545 bits per heavy atom. The van der Waals surface area contributed by atoms with Crippen molar-refractivity contribution in [3.8, 4) is 34.5 Å². The topological polar surface area (TPSA) is 276 Å². The molecule has 0 fully saturated rings. The molecule has 0 radical (unpaired) electrons. The Morgan fingerprint density at radius 2 is 0.909 bits per heavy atom. The normalized spacial score (nSPS) is 10.2. The van der Waals surface area contributed by atoms with E-state index in [4.69, 9.17) is 28.4 Å². The van der Waals surface area contributed by atoms with Crippen molar-refractivity contribution in [3.05, 3.63) is 191 Å². The van der Waals surface area contributed by atoms with E-state index in [-0.39, 0.29) is 83.5 Å². The summed E-state index contributed by atoms with van der Waals surface area (Å²) >= 11 is 0. The van der Waals surface area contributed by atoms with Crippen LogP contribution in [0.3, 0.4) is 0 Å². The first-order chi connectivity index (χ1) is 31.7. The van der Waals surface area contributed by atoms with E-state index in [0.717, 1.165) is 35.7 Å². The highest BCUT2D eigenvalue weighted by molar-refractivity contribution is 5.89. The van der Waals surface area contributed by atoms with Gasteiger partial charge in [0.15, 0.2) is 53.4 Å². The molecule has 0 aliphatic heterocycles. The third-order valence-electron chi connectivity index (χ3n) is 8.90. The fourth-order valence-electron chi connectivity index (χ4n) is 5.80. The van der Waals surface area contributed by atoms with Crippen molar-refractivity contribution in [2.45, 2.75) is 33.0 Å². The number of aromatic hydroxyl groups is 2. The number of aldehydes is 2. The Morgan fingerprint density at radius 3 is 1.29 bits per heavy atom. The number of hydrogen-bond acceptors (Lipinski definition) is 17. The van der Waals surface area contributed by atoms with Crippen molar-refractivity contribution in [1.82, 2.24) is 0 Å². The smallest absolute Gasteiger partial charge is 0.308 e. The summed E-state index contributed by atoms with van der Waals surface area (Å²) in [6, 6.07) is 35.2. The van der Waals surface area contributed by atoms with Crippen LogP contribution in [0, 0.1) is 30.3 Å². The molecule has 0 aliphatic rings. The van der Waals surface area contributed by atoms with Crippen molar-refractivity contribution in [2.24, 2.45) is 0 Å². The number of nitro groups is 3. The molecule has 0 heterocycles. The lowest BCUT2D eigenvalue weighted by Crippen LogP contribution is -2.08. The van der Waals surface area contributed by atoms with Gasteiger partial charge < -0.3 is 38.6 Å². The van der Waals surface area contributed by atoms with E-state index in [1.807, 2.05) is 91.0 Å². The van der Waals surface area contributed by atoms with Gasteiger partial charge in [-0.15, -0.1) is 0 Å². The zero-order valence-electron chi connectivity index (χ0n) is 35.3. The minimum Gasteiger partial charge on any atom is -0.504 e.